The summed E-state index contributed by atoms with van der Waals surface area (Å²) in [6, 6.07) is 6.98. The van der Waals surface area contributed by atoms with Gasteiger partial charge in [-0.15, -0.1) is 0 Å². The Morgan fingerprint density at radius 1 is 1.42 bits per heavy atom. The summed E-state index contributed by atoms with van der Waals surface area (Å²) in [4.78, 5) is 17.9. The van der Waals surface area contributed by atoms with Crippen LogP contribution in [-0.4, -0.2) is 45.8 Å². The van der Waals surface area contributed by atoms with Crippen molar-refractivity contribution in [3.8, 4) is 5.75 Å². The molecule has 0 spiro atoms. The number of aliphatic imine (C=N–C) groups is 1. The minimum absolute atomic E-state index is 0.241. The minimum Gasteiger partial charge on any atom is -0.497 e. The number of carbonyl (C=O) groups is 1. The van der Waals surface area contributed by atoms with Crippen molar-refractivity contribution in [3.05, 3.63) is 24.3 Å². The van der Waals surface area contributed by atoms with E-state index in [9.17, 15) is 4.79 Å². The predicted octanol–water partition coefficient (Wildman–Crippen LogP) is 1.27. The van der Waals surface area contributed by atoms with Crippen LogP contribution in [0.2, 0.25) is 0 Å². The van der Waals surface area contributed by atoms with E-state index < -0.39 is 0 Å². The number of nitrogens with zero attached hydrogens (tertiary/aromatic N) is 2. The molecule has 0 saturated heterocycles. The van der Waals surface area contributed by atoms with Crippen LogP contribution in [-0.2, 0) is 4.74 Å². The van der Waals surface area contributed by atoms with Crippen LogP contribution in [0.4, 0.5) is 10.5 Å². The van der Waals surface area contributed by atoms with Crippen LogP contribution in [0.25, 0.3) is 0 Å². The van der Waals surface area contributed by atoms with Crippen LogP contribution in [0.1, 0.15) is 0 Å². The molecule has 2 rings (SSSR count). The lowest BCUT2D eigenvalue weighted by atomic mass is 10.2. The quantitative estimate of drug-likeness (QED) is 0.874. The molecule has 1 aromatic rings. The van der Waals surface area contributed by atoms with Gasteiger partial charge in [0.1, 0.15) is 18.2 Å². The van der Waals surface area contributed by atoms with Crippen LogP contribution >= 0.6 is 0 Å². The van der Waals surface area contributed by atoms with Crippen molar-refractivity contribution in [1.29, 1.82) is 0 Å². The summed E-state index contributed by atoms with van der Waals surface area (Å²) < 4.78 is 10.5. The fraction of sp³-hybridized carbons (Fsp3) is 0.385. The Kier molecular flexibility index (Phi) is 4.35. The van der Waals surface area contributed by atoms with Crippen molar-refractivity contribution in [2.45, 2.75) is 0 Å². The minimum atomic E-state index is -0.241. The molecule has 19 heavy (non-hydrogen) atoms. The maximum atomic E-state index is 12.0. The number of amidine groups is 1. The van der Waals surface area contributed by atoms with Crippen LogP contribution < -0.4 is 15.0 Å². The summed E-state index contributed by atoms with van der Waals surface area (Å²) in [6.45, 7) is 1.49. The number of hydrogen-bond donors (Lipinski definition) is 1. The van der Waals surface area contributed by atoms with Crippen LogP contribution in [0.15, 0.2) is 29.3 Å². The molecule has 0 saturated carbocycles. The molecule has 1 heterocycles. The molecule has 1 aliphatic rings. The van der Waals surface area contributed by atoms with Gasteiger partial charge in [-0.05, 0) is 24.3 Å². The van der Waals surface area contributed by atoms with Gasteiger partial charge in [0.2, 0.25) is 0 Å². The van der Waals surface area contributed by atoms with E-state index in [1.807, 2.05) is 12.1 Å². The molecule has 0 aromatic heterocycles. The zero-order valence-corrected chi connectivity index (χ0v) is 11.0. The third-order valence-electron chi connectivity index (χ3n) is 2.77. The van der Waals surface area contributed by atoms with Gasteiger partial charge in [-0.2, -0.15) is 0 Å². The van der Waals surface area contributed by atoms with Gasteiger partial charge < -0.3 is 14.8 Å². The number of anilines is 1. The molecule has 6 nitrogen and oxygen atoms in total. The molecular weight excluding hydrogens is 246 g/mol. The molecule has 0 aliphatic carbocycles. The Bertz CT molecular complexity index is 471. The first-order chi connectivity index (χ1) is 9.26. The van der Waals surface area contributed by atoms with Crippen molar-refractivity contribution in [3.63, 3.8) is 0 Å². The lowest BCUT2D eigenvalue weighted by Crippen LogP contribution is -2.45. The Morgan fingerprint density at radius 3 is 2.68 bits per heavy atom. The SMILES string of the molecule is CNC(=O)N(C1=NCCOC1)c1ccc(OC)cc1. The van der Waals surface area contributed by atoms with Crippen LogP contribution in [0, 0.1) is 0 Å². The molecule has 102 valence electrons. The second-order valence-corrected chi connectivity index (χ2v) is 3.94. The highest BCUT2D eigenvalue weighted by Crippen LogP contribution is 2.20. The largest absolute Gasteiger partial charge is 0.497 e. The van der Waals surface area contributed by atoms with Gasteiger partial charge in [0.05, 0.1) is 25.9 Å². The van der Waals surface area contributed by atoms with Gasteiger partial charge in [0, 0.05) is 7.05 Å². The molecule has 2 amide bonds. The van der Waals surface area contributed by atoms with E-state index in [2.05, 4.69) is 10.3 Å². The van der Waals surface area contributed by atoms with Crippen LogP contribution in [0.5, 0.6) is 5.75 Å². The number of nitrogens with one attached hydrogen (secondary N) is 1. The van der Waals surface area contributed by atoms with Crippen molar-refractivity contribution in [2.24, 2.45) is 4.99 Å². The van der Waals surface area contributed by atoms with E-state index in [1.165, 1.54) is 4.90 Å². The number of hydrogen-bond acceptors (Lipinski definition) is 4. The summed E-state index contributed by atoms with van der Waals surface area (Å²) >= 11 is 0. The molecule has 0 fully saturated rings. The highest BCUT2D eigenvalue weighted by Gasteiger charge is 2.22. The van der Waals surface area contributed by atoms with Gasteiger partial charge in [-0.1, -0.05) is 0 Å². The van der Waals surface area contributed by atoms with Gasteiger partial charge >= 0.3 is 6.03 Å². The standard InChI is InChI=1S/C13H17N3O3/c1-14-13(17)16(12-9-19-8-7-15-12)10-3-5-11(18-2)6-4-10/h3-6H,7-9H2,1-2H3,(H,14,17). The molecule has 1 aromatic carbocycles. The monoisotopic (exact) mass is 263 g/mol. The molecule has 1 N–H and O–H groups in total. The van der Waals surface area contributed by atoms with E-state index >= 15 is 0 Å². The highest BCUT2D eigenvalue weighted by molar-refractivity contribution is 6.17. The molecule has 0 atom stereocenters. The number of carbonyl (C=O) groups excluding carboxylic acids is 1. The molecule has 0 unspecified atom stereocenters. The molecule has 1 aliphatic heterocycles. The van der Waals surface area contributed by atoms with E-state index in [0.29, 0.717) is 25.6 Å². The lowest BCUT2D eigenvalue weighted by Gasteiger charge is -2.26. The van der Waals surface area contributed by atoms with Crippen molar-refractivity contribution in [2.75, 3.05) is 38.8 Å². The normalized spacial score (nSPS) is 14.5. The van der Waals surface area contributed by atoms with Gasteiger partial charge in [-0.3, -0.25) is 4.99 Å². The molecular formula is C13H17N3O3. The Hall–Kier alpha value is -2.08. The fourth-order valence-electron chi connectivity index (χ4n) is 1.81. The second-order valence-electron chi connectivity index (χ2n) is 3.94. The first-order valence-electron chi connectivity index (χ1n) is 6.03. The predicted molar refractivity (Wildman–Crippen MR) is 73.0 cm³/mol. The van der Waals surface area contributed by atoms with Crippen molar-refractivity contribution >= 4 is 17.6 Å². The third kappa shape index (κ3) is 3.03. The second kappa shape index (κ2) is 6.19. The number of benzene rings is 1. The number of amides is 2. The first-order valence-corrected chi connectivity index (χ1v) is 6.03. The Morgan fingerprint density at radius 2 is 2.16 bits per heavy atom. The number of rotatable bonds is 2. The van der Waals surface area contributed by atoms with Gasteiger partial charge in [0.25, 0.3) is 0 Å². The van der Waals surface area contributed by atoms with Crippen molar-refractivity contribution < 1.29 is 14.3 Å². The number of ether oxygens (including phenoxy) is 2. The topological polar surface area (TPSA) is 63.2 Å². The number of urea groups is 1. The first kappa shape index (κ1) is 13.4. The maximum absolute atomic E-state index is 12.0. The zero-order valence-electron chi connectivity index (χ0n) is 11.0. The van der Waals surface area contributed by atoms with Crippen LogP contribution in [0.3, 0.4) is 0 Å². The Balaban J connectivity index is 2.30. The van der Waals surface area contributed by atoms with Gasteiger partial charge in [0.15, 0.2) is 0 Å². The third-order valence-corrected chi connectivity index (χ3v) is 2.77. The lowest BCUT2D eigenvalue weighted by molar-refractivity contribution is 0.169. The van der Waals surface area contributed by atoms with E-state index in [-0.39, 0.29) is 6.03 Å². The molecule has 6 heteroatoms. The fourth-order valence-corrected chi connectivity index (χ4v) is 1.81. The molecule has 0 bridgehead atoms. The van der Waals surface area contributed by atoms with Crippen molar-refractivity contribution in [1.82, 2.24) is 5.32 Å². The summed E-state index contributed by atoms with van der Waals surface area (Å²) in [5.74, 6) is 1.35. The number of methoxy groups -OCH3 is 1. The van der Waals surface area contributed by atoms with E-state index in [4.69, 9.17) is 9.47 Å². The van der Waals surface area contributed by atoms with E-state index in [1.54, 1.807) is 26.3 Å². The summed E-state index contributed by atoms with van der Waals surface area (Å²) in [6.07, 6.45) is 0. The highest BCUT2D eigenvalue weighted by atomic mass is 16.5. The van der Waals surface area contributed by atoms with E-state index in [0.717, 1.165) is 11.4 Å². The average molecular weight is 263 g/mol. The molecule has 0 radical (unpaired) electrons. The maximum Gasteiger partial charge on any atom is 0.327 e. The van der Waals surface area contributed by atoms with Gasteiger partial charge in [-0.25, -0.2) is 9.69 Å². The average Bonchev–Trinajstić information content (AvgIpc) is 2.49. The Labute approximate surface area is 112 Å². The summed E-state index contributed by atoms with van der Waals surface area (Å²) in [7, 11) is 3.19. The zero-order chi connectivity index (χ0) is 13.7. The summed E-state index contributed by atoms with van der Waals surface area (Å²) in [5.41, 5.74) is 0.726. The smallest absolute Gasteiger partial charge is 0.327 e. The summed E-state index contributed by atoms with van der Waals surface area (Å²) in [5, 5.41) is 2.61.